The van der Waals surface area contributed by atoms with Gasteiger partial charge in [-0.15, -0.1) is 13.2 Å². The lowest BCUT2D eigenvalue weighted by Gasteiger charge is -2.21. The molecule has 1 aliphatic rings. The fourth-order valence-electron chi connectivity index (χ4n) is 2.55. The Hall–Kier alpha value is -2.33. The van der Waals surface area contributed by atoms with Crippen LogP contribution in [0.4, 0.5) is 13.2 Å². The van der Waals surface area contributed by atoms with Crippen molar-refractivity contribution in [1.29, 1.82) is 0 Å². The number of hydrogen-bond donors (Lipinski definition) is 1. The Morgan fingerprint density at radius 3 is 2.50 bits per heavy atom. The van der Waals surface area contributed by atoms with E-state index in [9.17, 15) is 27.9 Å². The first kappa shape index (κ1) is 20.0. The van der Waals surface area contributed by atoms with Crippen LogP contribution < -0.4 is 4.74 Å². The molecule has 1 aromatic carbocycles. The number of aliphatic hydroxyl groups is 1. The number of carbonyl (C=O) groups excluding carboxylic acids is 2. The largest absolute Gasteiger partial charge is 0.573 e. The molecule has 1 unspecified atom stereocenters. The molecule has 1 fully saturated rings. The Morgan fingerprint density at radius 2 is 1.92 bits per heavy atom. The predicted molar refractivity (Wildman–Crippen MR) is 83.5 cm³/mol. The Labute approximate surface area is 147 Å². The topological polar surface area (TPSA) is 79.3 Å². The molecule has 0 aromatic heterocycles. The number of hydrogen-bond acceptors (Lipinski definition) is 5. The van der Waals surface area contributed by atoms with Crippen LogP contribution in [0.3, 0.4) is 0 Å². The Kier molecular flexibility index (Phi) is 6.43. The maximum absolute atomic E-state index is 12.5. The molecule has 7 nitrogen and oxygen atoms in total. The maximum Gasteiger partial charge on any atom is 0.573 e. The second-order valence-electron chi connectivity index (χ2n) is 5.74. The van der Waals surface area contributed by atoms with Crippen LogP contribution in [-0.4, -0.2) is 79.1 Å². The van der Waals surface area contributed by atoms with Crippen LogP contribution in [0, 0.1) is 0 Å². The van der Waals surface area contributed by atoms with E-state index in [1.165, 1.54) is 29.0 Å². The van der Waals surface area contributed by atoms with Crippen molar-refractivity contribution in [2.75, 3.05) is 39.9 Å². The van der Waals surface area contributed by atoms with Gasteiger partial charge in [-0.25, -0.2) is 0 Å². The number of β-amino-alcohol motifs (C(OH)–C–C–N with tert-alkyl or cyclic N) is 1. The van der Waals surface area contributed by atoms with Gasteiger partial charge in [0.25, 0.3) is 5.91 Å². The first-order valence-electron chi connectivity index (χ1n) is 7.79. The van der Waals surface area contributed by atoms with Gasteiger partial charge in [0.1, 0.15) is 12.3 Å². The molecule has 144 valence electrons. The van der Waals surface area contributed by atoms with Gasteiger partial charge in [0.05, 0.1) is 12.7 Å². The standard InChI is InChI=1S/C16H19F3N2O5/c1-25-7-6-20-8-12(22)9-21(10-14(20)23)15(24)11-2-4-13(5-3-11)26-16(17,18)19/h2-5,12,22H,6-10H2,1H3. The van der Waals surface area contributed by atoms with Crippen molar-refractivity contribution >= 4 is 11.8 Å². The van der Waals surface area contributed by atoms with Crippen LogP contribution in [-0.2, 0) is 9.53 Å². The summed E-state index contributed by atoms with van der Waals surface area (Å²) in [7, 11) is 1.49. The molecule has 1 aromatic rings. The number of ether oxygens (including phenoxy) is 2. The molecule has 0 bridgehead atoms. The van der Waals surface area contributed by atoms with E-state index in [0.29, 0.717) is 6.61 Å². The number of methoxy groups -OCH3 is 1. The average Bonchev–Trinajstić information content (AvgIpc) is 2.70. The van der Waals surface area contributed by atoms with E-state index in [1.54, 1.807) is 0 Å². The molecule has 1 aliphatic heterocycles. The molecular formula is C16H19F3N2O5. The number of rotatable bonds is 5. The van der Waals surface area contributed by atoms with Crippen LogP contribution in [0.2, 0.25) is 0 Å². The normalized spacial score (nSPS) is 18.7. The SMILES string of the molecule is COCCN1CC(O)CN(C(=O)c2ccc(OC(F)(F)F)cc2)CC1=O. The van der Waals surface area contributed by atoms with Crippen molar-refractivity contribution in [3.05, 3.63) is 29.8 Å². The molecule has 1 saturated heterocycles. The Morgan fingerprint density at radius 1 is 1.27 bits per heavy atom. The zero-order valence-electron chi connectivity index (χ0n) is 14.0. The third kappa shape index (κ3) is 5.60. The van der Waals surface area contributed by atoms with Crippen molar-refractivity contribution in [2.24, 2.45) is 0 Å². The third-order valence-corrected chi connectivity index (χ3v) is 3.73. The van der Waals surface area contributed by atoms with Gasteiger partial charge in [-0.2, -0.15) is 0 Å². The number of aliphatic hydroxyl groups excluding tert-OH is 1. The van der Waals surface area contributed by atoms with Crippen LogP contribution in [0.15, 0.2) is 24.3 Å². The number of carbonyl (C=O) groups is 2. The van der Waals surface area contributed by atoms with Crippen molar-refractivity contribution in [3.8, 4) is 5.75 Å². The smallest absolute Gasteiger partial charge is 0.406 e. The second-order valence-corrected chi connectivity index (χ2v) is 5.74. The van der Waals surface area contributed by atoms with Crippen LogP contribution in [0.1, 0.15) is 10.4 Å². The quantitative estimate of drug-likeness (QED) is 0.825. The van der Waals surface area contributed by atoms with E-state index in [4.69, 9.17) is 4.74 Å². The van der Waals surface area contributed by atoms with Crippen molar-refractivity contribution < 1.29 is 37.3 Å². The number of alkyl halides is 3. The second kappa shape index (κ2) is 8.37. The van der Waals surface area contributed by atoms with Crippen molar-refractivity contribution in [1.82, 2.24) is 9.80 Å². The highest BCUT2D eigenvalue weighted by atomic mass is 19.4. The molecule has 1 atom stereocenters. The maximum atomic E-state index is 12.5. The molecule has 2 amide bonds. The van der Waals surface area contributed by atoms with E-state index < -0.39 is 24.1 Å². The fraction of sp³-hybridized carbons (Fsp3) is 0.500. The minimum atomic E-state index is -4.82. The highest BCUT2D eigenvalue weighted by Crippen LogP contribution is 2.23. The third-order valence-electron chi connectivity index (χ3n) is 3.73. The van der Waals surface area contributed by atoms with E-state index in [0.717, 1.165) is 12.1 Å². The summed E-state index contributed by atoms with van der Waals surface area (Å²) in [6.07, 6.45) is -5.76. The predicted octanol–water partition coefficient (Wildman–Crippen LogP) is 0.877. The van der Waals surface area contributed by atoms with Crippen LogP contribution >= 0.6 is 0 Å². The van der Waals surface area contributed by atoms with Crippen molar-refractivity contribution in [3.63, 3.8) is 0 Å². The minimum Gasteiger partial charge on any atom is -0.406 e. The van der Waals surface area contributed by atoms with Gasteiger partial charge in [-0.05, 0) is 24.3 Å². The van der Waals surface area contributed by atoms with Gasteiger partial charge >= 0.3 is 6.36 Å². The minimum absolute atomic E-state index is 0.0607. The van der Waals surface area contributed by atoms with Gasteiger partial charge < -0.3 is 24.4 Å². The first-order chi connectivity index (χ1) is 12.2. The van der Waals surface area contributed by atoms with Crippen molar-refractivity contribution in [2.45, 2.75) is 12.5 Å². The average molecular weight is 376 g/mol. The number of halogens is 3. The van der Waals surface area contributed by atoms with Gasteiger partial charge in [0.2, 0.25) is 5.91 Å². The van der Waals surface area contributed by atoms with E-state index >= 15 is 0 Å². The fourth-order valence-corrected chi connectivity index (χ4v) is 2.55. The summed E-state index contributed by atoms with van der Waals surface area (Å²) in [5, 5.41) is 10.0. The first-order valence-corrected chi connectivity index (χ1v) is 7.79. The lowest BCUT2D eigenvalue weighted by molar-refractivity contribution is -0.274. The summed E-state index contributed by atoms with van der Waals surface area (Å²) in [5.74, 6) is -1.36. The summed E-state index contributed by atoms with van der Waals surface area (Å²) in [6.45, 7) is 0.366. The van der Waals surface area contributed by atoms with Gasteiger partial charge in [0, 0.05) is 32.3 Å². The number of benzene rings is 1. The zero-order chi connectivity index (χ0) is 19.3. The molecule has 0 radical (unpaired) electrons. The molecular weight excluding hydrogens is 357 g/mol. The van der Waals surface area contributed by atoms with E-state index in [-0.39, 0.29) is 37.6 Å². The van der Waals surface area contributed by atoms with E-state index in [1.807, 2.05) is 0 Å². The monoisotopic (exact) mass is 376 g/mol. The molecule has 26 heavy (non-hydrogen) atoms. The molecule has 10 heteroatoms. The lowest BCUT2D eigenvalue weighted by Crippen LogP contribution is -2.40. The molecule has 0 aliphatic carbocycles. The molecule has 1 N–H and O–H groups in total. The highest BCUT2D eigenvalue weighted by molar-refractivity contribution is 5.96. The van der Waals surface area contributed by atoms with Gasteiger partial charge in [-0.1, -0.05) is 0 Å². The molecule has 0 spiro atoms. The summed E-state index contributed by atoms with van der Waals surface area (Å²) in [5.41, 5.74) is 0.0878. The highest BCUT2D eigenvalue weighted by Gasteiger charge is 2.32. The summed E-state index contributed by atoms with van der Waals surface area (Å²) in [4.78, 5) is 27.3. The number of nitrogens with zero attached hydrogens (tertiary/aromatic N) is 2. The van der Waals surface area contributed by atoms with Gasteiger partial charge in [-0.3, -0.25) is 9.59 Å². The Balaban J connectivity index is 2.07. The lowest BCUT2D eigenvalue weighted by atomic mass is 10.2. The summed E-state index contributed by atoms with van der Waals surface area (Å²) >= 11 is 0. The Bertz CT molecular complexity index is 636. The summed E-state index contributed by atoms with van der Waals surface area (Å²) in [6, 6.07) is 4.38. The van der Waals surface area contributed by atoms with Crippen LogP contribution in [0.25, 0.3) is 0 Å². The van der Waals surface area contributed by atoms with Crippen LogP contribution in [0.5, 0.6) is 5.75 Å². The summed E-state index contributed by atoms with van der Waals surface area (Å²) < 4.78 is 45.2. The molecule has 1 heterocycles. The molecule has 0 saturated carbocycles. The zero-order valence-corrected chi connectivity index (χ0v) is 14.0. The molecule has 2 rings (SSSR count). The van der Waals surface area contributed by atoms with E-state index in [2.05, 4.69) is 4.74 Å². The number of amides is 2. The van der Waals surface area contributed by atoms with Gasteiger partial charge in [0.15, 0.2) is 0 Å².